The first-order chi connectivity index (χ1) is 13.0. The molecule has 3 heterocycles. The number of Topliss-reactive ketones (excluding diaryl/α,β-unsaturated/α-hetero) is 1. The van der Waals surface area contributed by atoms with Crippen molar-refractivity contribution >= 4 is 34.2 Å². The lowest BCUT2D eigenvalue weighted by Gasteiger charge is -2.28. The summed E-state index contributed by atoms with van der Waals surface area (Å²) in [5, 5.41) is 7.96. The number of benzene rings is 1. The van der Waals surface area contributed by atoms with Crippen LogP contribution in [0.1, 0.15) is 51.1 Å². The number of piperidine rings is 2. The van der Waals surface area contributed by atoms with Crippen LogP contribution >= 0.6 is 0 Å². The number of aryl methyl sites for hydroxylation is 1. The normalized spacial score (nSPS) is 20.3. The molecule has 144 valence electrons. The number of hydrogen-bond donors (Lipinski definition) is 1. The second-order valence-electron chi connectivity index (χ2n) is 6.71. The molecule has 1 N–H and O–H groups in total. The molecule has 1 aromatic heterocycles. The third-order valence-electron chi connectivity index (χ3n) is 5.10. The van der Waals surface area contributed by atoms with Crippen molar-refractivity contribution in [2.45, 2.75) is 45.4 Å². The van der Waals surface area contributed by atoms with E-state index in [1.54, 1.807) is 4.68 Å². The zero-order valence-electron chi connectivity index (χ0n) is 16.1. The van der Waals surface area contributed by atoms with Crippen LogP contribution in [0.25, 0.3) is 10.9 Å². The van der Waals surface area contributed by atoms with Crippen LogP contribution < -0.4 is 10.2 Å². The van der Waals surface area contributed by atoms with E-state index >= 15 is 0 Å². The van der Waals surface area contributed by atoms with Crippen LogP contribution in [0.15, 0.2) is 18.2 Å². The summed E-state index contributed by atoms with van der Waals surface area (Å²) >= 11 is 0. The molecule has 1 unspecified atom stereocenters. The SMILES string of the molecule is CC.Cn1nc(C2CCC(=O)NC2=O)c2cccc(N3CCC(=O)CC3)c21. The summed E-state index contributed by atoms with van der Waals surface area (Å²) in [6, 6.07) is 5.97. The van der Waals surface area contributed by atoms with Gasteiger partial charge >= 0.3 is 0 Å². The minimum Gasteiger partial charge on any atom is -0.369 e. The summed E-state index contributed by atoms with van der Waals surface area (Å²) in [6.07, 6.45) is 1.95. The van der Waals surface area contributed by atoms with Gasteiger partial charge in [-0.25, -0.2) is 0 Å². The van der Waals surface area contributed by atoms with Crippen molar-refractivity contribution in [2.75, 3.05) is 18.0 Å². The maximum Gasteiger partial charge on any atom is 0.235 e. The van der Waals surface area contributed by atoms with E-state index in [2.05, 4.69) is 15.3 Å². The minimum atomic E-state index is -0.403. The van der Waals surface area contributed by atoms with Crippen molar-refractivity contribution in [2.24, 2.45) is 7.05 Å². The summed E-state index contributed by atoms with van der Waals surface area (Å²) in [5.74, 6) is -0.595. The molecule has 7 nitrogen and oxygen atoms in total. The number of anilines is 1. The van der Waals surface area contributed by atoms with Gasteiger partial charge in [0.15, 0.2) is 0 Å². The lowest BCUT2D eigenvalue weighted by atomic mass is 9.92. The Bertz CT molecular complexity index is 877. The Balaban J connectivity index is 0.00000102. The number of amides is 2. The van der Waals surface area contributed by atoms with Gasteiger partial charge in [0, 0.05) is 44.8 Å². The van der Waals surface area contributed by atoms with E-state index in [0.29, 0.717) is 44.6 Å². The van der Waals surface area contributed by atoms with Gasteiger partial charge in [-0.15, -0.1) is 0 Å². The Labute approximate surface area is 158 Å². The first-order valence-corrected chi connectivity index (χ1v) is 9.60. The number of nitrogens with one attached hydrogen (secondary N) is 1. The van der Waals surface area contributed by atoms with E-state index in [1.807, 2.05) is 39.1 Å². The van der Waals surface area contributed by atoms with Crippen molar-refractivity contribution in [3.8, 4) is 0 Å². The quantitative estimate of drug-likeness (QED) is 0.820. The third kappa shape index (κ3) is 3.59. The number of hydrogen-bond acceptors (Lipinski definition) is 5. The van der Waals surface area contributed by atoms with Gasteiger partial charge in [-0.1, -0.05) is 26.0 Å². The molecule has 2 aromatic rings. The van der Waals surface area contributed by atoms with Gasteiger partial charge in [0.05, 0.1) is 22.8 Å². The van der Waals surface area contributed by atoms with Crippen molar-refractivity contribution in [3.63, 3.8) is 0 Å². The maximum absolute atomic E-state index is 12.3. The zero-order valence-corrected chi connectivity index (χ0v) is 16.1. The van der Waals surface area contributed by atoms with E-state index in [4.69, 9.17) is 0 Å². The molecule has 2 amide bonds. The molecule has 0 bridgehead atoms. The van der Waals surface area contributed by atoms with Gasteiger partial charge in [-0.3, -0.25) is 24.4 Å². The fraction of sp³-hybridized carbons (Fsp3) is 0.500. The highest BCUT2D eigenvalue weighted by molar-refractivity contribution is 6.03. The molecular weight excluding hydrogens is 344 g/mol. The number of ketones is 1. The van der Waals surface area contributed by atoms with Crippen LogP contribution in [-0.2, 0) is 21.4 Å². The Morgan fingerprint density at radius 3 is 2.44 bits per heavy atom. The van der Waals surface area contributed by atoms with Gasteiger partial charge in [-0.05, 0) is 12.5 Å². The fourth-order valence-electron chi connectivity index (χ4n) is 3.81. The molecular formula is C20H26N4O3. The van der Waals surface area contributed by atoms with Crippen LogP contribution in [0.3, 0.4) is 0 Å². The van der Waals surface area contributed by atoms with Crippen molar-refractivity contribution in [1.82, 2.24) is 15.1 Å². The second kappa shape index (κ2) is 7.90. The highest BCUT2D eigenvalue weighted by Gasteiger charge is 2.32. The van der Waals surface area contributed by atoms with Gasteiger partial charge in [0.1, 0.15) is 5.78 Å². The number of carbonyl (C=O) groups excluding carboxylic acids is 3. The van der Waals surface area contributed by atoms with Gasteiger partial charge in [0.25, 0.3) is 0 Å². The number of carbonyl (C=O) groups is 3. The number of aromatic nitrogens is 2. The fourth-order valence-corrected chi connectivity index (χ4v) is 3.81. The molecule has 2 fully saturated rings. The molecule has 2 aliphatic heterocycles. The minimum absolute atomic E-state index is 0.222. The summed E-state index contributed by atoms with van der Waals surface area (Å²) in [7, 11) is 1.87. The Morgan fingerprint density at radius 1 is 1.07 bits per heavy atom. The molecule has 7 heteroatoms. The largest absolute Gasteiger partial charge is 0.369 e. The van der Waals surface area contributed by atoms with Gasteiger partial charge in [-0.2, -0.15) is 5.10 Å². The highest BCUT2D eigenvalue weighted by Crippen LogP contribution is 2.35. The molecule has 1 atom stereocenters. The summed E-state index contributed by atoms with van der Waals surface area (Å²) in [5.41, 5.74) is 2.73. The number of para-hydroxylation sites is 1. The zero-order chi connectivity index (χ0) is 19.6. The number of nitrogens with zero attached hydrogens (tertiary/aromatic N) is 3. The monoisotopic (exact) mass is 370 g/mol. The van der Waals surface area contributed by atoms with Crippen LogP contribution in [0, 0.1) is 0 Å². The summed E-state index contributed by atoms with van der Waals surface area (Å²) < 4.78 is 1.81. The van der Waals surface area contributed by atoms with Crippen LogP contribution in [0.2, 0.25) is 0 Å². The van der Waals surface area contributed by atoms with Gasteiger partial charge < -0.3 is 4.90 Å². The molecule has 2 saturated heterocycles. The number of imide groups is 1. The molecule has 27 heavy (non-hydrogen) atoms. The standard InChI is InChI=1S/C18H20N4O3.C2H6/c1-21-17-12(16(20-21)13-5-6-15(24)19-18(13)25)3-2-4-14(17)22-9-7-11(23)8-10-22;1-2/h2-4,13H,5-10H2,1H3,(H,19,24,25);1-2H3. The molecule has 0 aliphatic carbocycles. The maximum atomic E-state index is 12.3. The highest BCUT2D eigenvalue weighted by atomic mass is 16.2. The lowest BCUT2D eigenvalue weighted by Crippen LogP contribution is -2.39. The average Bonchev–Trinajstić information content (AvgIpc) is 3.01. The Kier molecular flexibility index (Phi) is 5.58. The molecule has 0 spiro atoms. The second-order valence-corrected chi connectivity index (χ2v) is 6.71. The first-order valence-electron chi connectivity index (χ1n) is 9.60. The van der Waals surface area contributed by atoms with E-state index in [9.17, 15) is 14.4 Å². The van der Waals surface area contributed by atoms with E-state index in [0.717, 1.165) is 22.3 Å². The van der Waals surface area contributed by atoms with E-state index in [-0.39, 0.29) is 11.8 Å². The molecule has 4 rings (SSSR count). The summed E-state index contributed by atoms with van der Waals surface area (Å²) in [4.78, 5) is 37.4. The van der Waals surface area contributed by atoms with Crippen LogP contribution in [0.5, 0.6) is 0 Å². The predicted molar refractivity (Wildman–Crippen MR) is 104 cm³/mol. The van der Waals surface area contributed by atoms with Gasteiger partial charge in [0.2, 0.25) is 11.8 Å². The van der Waals surface area contributed by atoms with E-state index in [1.165, 1.54) is 0 Å². The summed E-state index contributed by atoms with van der Waals surface area (Å²) in [6.45, 7) is 5.41. The topological polar surface area (TPSA) is 84.3 Å². The van der Waals surface area contributed by atoms with Crippen molar-refractivity contribution in [3.05, 3.63) is 23.9 Å². The van der Waals surface area contributed by atoms with E-state index < -0.39 is 5.92 Å². The predicted octanol–water partition coefficient (Wildman–Crippen LogP) is 2.29. The third-order valence-corrected chi connectivity index (χ3v) is 5.10. The molecule has 2 aliphatic rings. The van der Waals surface area contributed by atoms with Crippen molar-refractivity contribution in [1.29, 1.82) is 0 Å². The lowest BCUT2D eigenvalue weighted by molar-refractivity contribution is -0.134. The molecule has 0 saturated carbocycles. The first kappa shape index (κ1) is 19.1. The van der Waals surface area contributed by atoms with Crippen molar-refractivity contribution < 1.29 is 14.4 Å². The molecule has 0 radical (unpaired) electrons. The smallest absolute Gasteiger partial charge is 0.235 e. The molecule has 1 aromatic carbocycles. The Hall–Kier alpha value is -2.70. The average molecular weight is 370 g/mol. The van der Waals surface area contributed by atoms with Crippen LogP contribution in [-0.4, -0.2) is 40.5 Å². The Morgan fingerprint density at radius 2 is 1.78 bits per heavy atom. The number of fused-ring (bicyclic) bond motifs is 1. The van der Waals surface area contributed by atoms with Crippen LogP contribution in [0.4, 0.5) is 5.69 Å². The number of rotatable bonds is 2.